The Balaban J connectivity index is 1.66. The molecule has 0 heterocycles. The molecule has 3 nitrogen and oxygen atoms in total. The summed E-state index contributed by atoms with van der Waals surface area (Å²) in [7, 11) is 0. The van der Waals surface area contributed by atoms with Crippen LogP contribution in [0.15, 0.2) is 54.6 Å². The fourth-order valence-corrected chi connectivity index (χ4v) is 2.65. The molecule has 0 aliphatic heterocycles. The van der Waals surface area contributed by atoms with E-state index >= 15 is 0 Å². The second-order valence-corrected chi connectivity index (χ2v) is 5.69. The molecule has 0 amide bonds. The predicted molar refractivity (Wildman–Crippen MR) is 83.2 cm³/mol. The summed E-state index contributed by atoms with van der Waals surface area (Å²) in [5.74, 6) is 1.94. The average molecular weight is 283 g/mol. The molecule has 3 heteroatoms. The van der Waals surface area contributed by atoms with Crippen LogP contribution in [-0.2, 0) is 0 Å². The Labute approximate surface area is 125 Å². The van der Waals surface area contributed by atoms with Crippen LogP contribution in [-0.4, -0.2) is 11.2 Å². The lowest BCUT2D eigenvalue weighted by Crippen LogP contribution is -2.36. The SMILES string of the molecule is N[C@@H](c1ccc(Oc2ccccc2)cc1)[C@H](O)C1CCC1. The Morgan fingerprint density at radius 1 is 0.952 bits per heavy atom. The van der Waals surface area contributed by atoms with Crippen LogP contribution in [0, 0.1) is 5.92 Å². The highest BCUT2D eigenvalue weighted by Gasteiger charge is 2.30. The molecule has 110 valence electrons. The first-order valence-electron chi connectivity index (χ1n) is 7.50. The van der Waals surface area contributed by atoms with Crippen molar-refractivity contribution in [2.75, 3.05) is 0 Å². The Hall–Kier alpha value is -1.84. The lowest BCUT2D eigenvalue weighted by Gasteiger charge is -2.33. The molecule has 2 atom stereocenters. The van der Waals surface area contributed by atoms with Gasteiger partial charge in [-0.25, -0.2) is 0 Å². The van der Waals surface area contributed by atoms with Gasteiger partial charge in [-0.05, 0) is 48.6 Å². The number of aliphatic hydroxyl groups excluding tert-OH is 1. The first-order chi connectivity index (χ1) is 10.2. The molecule has 1 aliphatic carbocycles. The average Bonchev–Trinajstić information content (AvgIpc) is 2.46. The highest BCUT2D eigenvalue weighted by atomic mass is 16.5. The molecule has 2 aromatic rings. The van der Waals surface area contributed by atoms with Crippen molar-refractivity contribution in [2.45, 2.75) is 31.4 Å². The van der Waals surface area contributed by atoms with Crippen LogP contribution in [0.5, 0.6) is 11.5 Å². The molecule has 0 bridgehead atoms. The first kappa shape index (κ1) is 14.1. The van der Waals surface area contributed by atoms with Crippen molar-refractivity contribution in [1.29, 1.82) is 0 Å². The number of aliphatic hydroxyl groups is 1. The Bertz CT molecular complexity index is 564. The molecule has 1 fully saturated rings. The van der Waals surface area contributed by atoms with Crippen molar-refractivity contribution in [2.24, 2.45) is 11.7 Å². The van der Waals surface area contributed by atoms with Gasteiger partial charge >= 0.3 is 0 Å². The number of benzene rings is 2. The smallest absolute Gasteiger partial charge is 0.127 e. The quantitative estimate of drug-likeness (QED) is 0.880. The molecule has 0 saturated heterocycles. The number of rotatable bonds is 5. The van der Waals surface area contributed by atoms with Gasteiger partial charge in [-0.1, -0.05) is 36.8 Å². The maximum Gasteiger partial charge on any atom is 0.127 e. The summed E-state index contributed by atoms with van der Waals surface area (Å²) in [6.45, 7) is 0. The normalized spacial score (nSPS) is 17.8. The van der Waals surface area contributed by atoms with Gasteiger partial charge in [0.15, 0.2) is 0 Å². The van der Waals surface area contributed by atoms with Gasteiger partial charge < -0.3 is 15.6 Å². The third kappa shape index (κ3) is 3.26. The van der Waals surface area contributed by atoms with Crippen LogP contribution in [0.1, 0.15) is 30.9 Å². The molecule has 1 aliphatic rings. The van der Waals surface area contributed by atoms with E-state index in [2.05, 4.69) is 0 Å². The fraction of sp³-hybridized carbons (Fsp3) is 0.333. The molecule has 0 unspecified atom stereocenters. The fourth-order valence-electron chi connectivity index (χ4n) is 2.65. The first-order valence-corrected chi connectivity index (χ1v) is 7.50. The van der Waals surface area contributed by atoms with E-state index in [0.717, 1.165) is 29.9 Å². The van der Waals surface area contributed by atoms with E-state index in [0.29, 0.717) is 5.92 Å². The Morgan fingerprint density at radius 2 is 1.57 bits per heavy atom. The molecule has 3 rings (SSSR count). The monoisotopic (exact) mass is 283 g/mol. The summed E-state index contributed by atoms with van der Waals surface area (Å²) in [6.07, 6.45) is 2.94. The molecule has 3 N–H and O–H groups in total. The van der Waals surface area contributed by atoms with Crippen LogP contribution in [0.2, 0.25) is 0 Å². The van der Waals surface area contributed by atoms with Crippen molar-refractivity contribution in [3.63, 3.8) is 0 Å². The van der Waals surface area contributed by atoms with Gasteiger partial charge in [0.05, 0.1) is 12.1 Å². The van der Waals surface area contributed by atoms with E-state index in [1.807, 2.05) is 54.6 Å². The van der Waals surface area contributed by atoms with Gasteiger partial charge in [0, 0.05) is 0 Å². The summed E-state index contributed by atoms with van der Waals surface area (Å²) in [5.41, 5.74) is 7.11. The van der Waals surface area contributed by atoms with Crippen LogP contribution < -0.4 is 10.5 Å². The molecular weight excluding hydrogens is 262 g/mol. The van der Waals surface area contributed by atoms with Crippen LogP contribution in [0.25, 0.3) is 0 Å². The molecule has 2 aromatic carbocycles. The second-order valence-electron chi connectivity index (χ2n) is 5.69. The minimum Gasteiger partial charge on any atom is -0.457 e. The zero-order valence-electron chi connectivity index (χ0n) is 12.0. The maximum absolute atomic E-state index is 10.2. The molecule has 0 aromatic heterocycles. The zero-order valence-corrected chi connectivity index (χ0v) is 12.0. The van der Waals surface area contributed by atoms with Gasteiger partial charge in [-0.15, -0.1) is 0 Å². The van der Waals surface area contributed by atoms with Crippen molar-refractivity contribution in [3.05, 3.63) is 60.2 Å². The highest BCUT2D eigenvalue weighted by Crippen LogP contribution is 2.34. The largest absolute Gasteiger partial charge is 0.457 e. The third-order valence-electron chi connectivity index (χ3n) is 4.24. The number of hydrogen-bond donors (Lipinski definition) is 2. The molecule has 0 spiro atoms. The van der Waals surface area contributed by atoms with Gasteiger partial charge in [0.25, 0.3) is 0 Å². The minimum atomic E-state index is -0.445. The maximum atomic E-state index is 10.2. The standard InChI is InChI=1S/C18H21NO2/c19-17(18(20)14-5-4-6-14)13-9-11-16(12-10-13)21-15-7-2-1-3-8-15/h1-3,7-12,14,17-18,20H,4-6,19H2/t17-,18+/m0/s1. The lowest BCUT2D eigenvalue weighted by molar-refractivity contribution is 0.0413. The van der Waals surface area contributed by atoms with Crippen molar-refractivity contribution < 1.29 is 9.84 Å². The summed E-state index contributed by atoms with van der Waals surface area (Å²) < 4.78 is 5.75. The lowest BCUT2D eigenvalue weighted by atomic mass is 9.77. The summed E-state index contributed by atoms with van der Waals surface area (Å²) in [5, 5.41) is 10.2. The summed E-state index contributed by atoms with van der Waals surface area (Å²) >= 11 is 0. The van der Waals surface area contributed by atoms with Gasteiger partial charge in [-0.3, -0.25) is 0 Å². The molecule has 21 heavy (non-hydrogen) atoms. The van der Waals surface area contributed by atoms with Gasteiger partial charge in [0.2, 0.25) is 0 Å². The van der Waals surface area contributed by atoms with E-state index < -0.39 is 6.10 Å². The van der Waals surface area contributed by atoms with E-state index in [9.17, 15) is 5.11 Å². The van der Waals surface area contributed by atoms with Crippen LogP contribution >= 0.6 is 0 Å². The van der Waals surface area contributed by atoms with E-state index in [1.165, 1.54) is 6.42 Å². The van der Waals surface area contributed by atoms with E-state index in [4.69, 9.17) is 10.5 Å². The highest BCUT2D eigenvalue weighted by molar-refractivity contribution is 5.34. The van der Waals surface area contributed by atoms with Gasteiger partial charge in [0.1, 0.15) is 11.5 Å². The summed E-state index contributed by atoms with van der Waals surface area (Å²) in [6, 6.07) is 17.0. The molecular formula is C18H21NO2. The number of hydrogen-bond acceptors (Lipinski definition) is 3. The molecule has 0 radical (unpaired) electrons. The Morgan fingerprint density at radius 3 is 2.14 bits per heavy atom. The Kier molecular flexibility index (Phi) is 4.23. The van der Waals surface area contributed by atoms with Crippen molar-refractivity contribution in [3.8, 4) is 11.5 Å². The number of ether oxygens (including phenoxy) is 1. The zero-order chi connectivity index (χ0) is 14.7. The topological polar surface area (TPSA) is 55.5 Å². The molecule has 1 saturated carbocycles. The minimum absolute atomic E-state index is 0.318. The number of para-hydroxylation sites is 1. The second kappa shape index (κ2) is 6.29. The predicted octanol–water partition coefficient (Wildman–Crippen LogP) is 3.64. The van der Waals surface area contributed by atoms with Crippen molar-refractivity contribution >= 4 is 0 Å². The van der Waals surface area contributed by atoms with Crippen LogP contribution in [0.4, 0.5) is 0 Å². The van der Waals surface area contributed by atoms with Gasteiger partial charge in [-0.2, -0.15) is 0 Å². The van der Waals surface area contributed by atoms with Crippen molar-refractivity contribution in [1.82, 2.24) is 0 Å². The van der Waals surface area contributed by atoms with E-state index in [-0.39, 0.29) is 6.04 Å². The van der Waals surface area contributed by atoms with Crippen LogP contribution in [0.3, 0.4) is 0 Å². The summed E-state index contributed by atoms with van der Waals surface area (Å²) in [4.78, 5) is 0. The van der Waals surface area contributed by atoms with E-state index in [1.54, 1.807) is 0 Å². The number of nitrogens with two attached hydrogens (primary N) is 1. The third-order valence-corrected chi connectivity index (χ3v) is 4.24.